The largest absolute Gasteiger partial charge is 0.465 e. The standard InChI is InChI=1S/C13H12F2O2.C8H17O5P/c1-2-17-13(16)9-4-3-6-10-11(14)7-5-8-12(10)15;1-4-12-14(10,13-5-2)7-6-11-8(3)9/h3-9H,2H2,1H3;4-7H2,1-3H3. The number of halogens is 2. The van der Waals surface area contributed by atoms with Gasteiger partial charge >= 0.3 is 19.5 Å². The lowest BCUT2D eigenvalue weighted by molar-refractivity contribution is -0.140. The highest BCUT2D eigenvalue weighted by atomic mass is 31.2. The molecule has 0 heterocycles. The third-order valence-electron chi connectivity index (χ3n) is 3.21. The molecule has 0 bridgehead atoms. The van der Waals surface area contributed by atoms with Gasteiger partial charge < -0.3 is 18.5 Å². The van der Waals surface area contributed by atoms with Gasteiger partial charge in [0.15, 0.2) is 0 Å². The summed E-state index contributed by atoms with van der Waals surface area (Å²) in [6.07, 6.45) is 5.27. The molecule has 0 aliphatic carbocycles. The van der Waals surface area contributed by atoms with E-state index >= 15 is 0 Å². The van der Waals surface area contributed by atoms with Crippen LogP contribution in [0.4, 0.5) is 8.78 Å². The molecule has 0 saturated heterocycles. The molecule has 0 amide bonds. The van der Waals surface area contributed by atoms with Crippen LogP contribution < -0.4 is 0 Å². The van der Waals surface area contributed by atoms with Gasteiger partial charge in [-0.05, 0) is 39.0 Å². The van der Waals surface area contributed by atoms with Gasteiger partial charge in [-0.1, -0.05) is 18.2 Å². The minimum atomic E-state index is -3.05. The molecule has 0 fully saturated rings. The lowest BCUT2D eigenvalue weighted by Crippen LogP contribution is -2.08. The van der Waals surface area contributed by atoms with E-state index in [1.165, 1.54) is 37.3 Å². The molecule has 31 heavy (non-hydrogen) atoms. The highest BCUT2D eigenvalue weighted by Gasteiger charge is 2.23. The summed E-state index contributed by atoms with van der Waals surface area (Å²) in [5, 5.41) is 0. The Morgan fingerprint density at radius 3 is 2.03 bits per heavy atom. The van der Waals surface area contributed by atoms with Crippen LogP contribution in [0.2, 0.25) is 0 Å². The van der Waals surface area contributed by atoms with Crippen LogP contribution in [0, 0.1) is 11.6 Å². The van der Waals surface area contributed by atoms with Gasteiger partial charge in [0.2, 0.25) is 0 Å². The molecule has 10 heteroatoms. The minimum Gasteiger partial charge on any atom is -0.465 e. The van der Waals surface area contributed by atoms with Gasteiger partial charge in [0.1, 0.15) is 18.2 Å². The van der Waals surface area contributed by atoms with Crippen molar-refractivity contribution in [3.05, 3.63) is 53.6 Å². The predicted molar refractivity (Wildman–Crippen MR) is 114 cm³/mol. The van der Waals surface area contributed by atoms with Crippen LogP contribution in [-0.2, 0) is 32.7 Å². The van der Waals surface area contributed by atoms with Gasteiger partial charge in [-0.2, -0.15) is 0 Å². The number of ether oxygens (including phenoxy) is 2. The molecular weight excluding hydrogens is 433 g/mol. The first-order chi connectivity index (χ1) is 14.7. The van der Waals surface area contributed by atoms with Crippen molar-refractivity contribution >= 4 is 25.6 Å². The van der Waals surface area contributed by atoms with Gasteiger partial charge in [-0.15, -0.1) is 0 Å². The molecule has 1 aromatic rings. The maximum Gasteiger partial charge on any atom is 0.334 e. The molecule has 0 atom stereocenters. The highest BCUT2D eigenvalue weighted by Crippen LogP contribution is 2.47. The second kappa shape index (κ2) is 16.4. The molecule has 0 spiro atoms. The molecule has 0 radical (unpaired) electrons. The van der Waals surface area contributed by atoms with Gasteiger partial charge in [-0.3, -0.25) is 9.36 Å². The van der Waals surface area contributed by atoms with Crippen LogP contribution in [0.15, 0.2) is 36.4 Å². The van der Waals surface area contributed by atoms with E-state index in [1.54, 1.807) is 20.8 Å². The van der Waals surface area contributed by atoms with E-state index in [-0.39, 0.29) is 24.9 Å². The van der Waals surface area contributed by atoms with Crippen molar-refractivity contribution in [1.29, 1.82) is 0 Å². The second-order valence-corrected chi connectivity index (χ2v) is 7.80. The van der Waals surface area contributed by atoms with E-state index in [1.807, 2.05) is 0 Å². The maximum absolute atomic E-state index is 13.2. The van der Waals surface area contributed by atoms with Crippen LogP contribution in [-0.4, -0.2) is 44.5 Å². The van der Waals surface area contributed by atoms with E-state index in [0.29, 0.717) is 13.2 Å². The summed E-state index contributed by atoms with van der Waals surface area (Å²) in [6.45, 7) is 7.44. The Bertz CT molecular complexity index is 764. The van der Waals surface area contributed by atoms with Crippen molar-refractivity contribution in [2.45, 2.75) is 27.7 Å². The predicted octanol–water partition coefficient (Wildman–Crippen LogP) is 4.91. The molecule has 174 valence electrons. The van der Waals surface area contributed by atoms with Crippen LogP contribution >= 0.6 is 7.60 Å². The summed E-state index contributed by atoms with van der Waals surface area (Å²) in [5.74, 6) is -2.19. The van der Waals surface area contributed by atoms with E-state index in [0.717, 1.165) is 12.1 Å². The van der Waals surface area contributed by atoms with Crippen LogP contribution in [0.5, 0.6) is 0 Å². The summed E-state index contributed by atoms with van der Waals surface area (Å²) in [4.78, 5) is 21.3. The SMILES string of the molecule is CCOC(=O)C=CC=Cc1c(F)cccc1F.CCOP(=O)(CCOC(C)=O)OCC. The van der Waals surface area contributed by atoms with E-state index < -0.39 is 31.2 Å². The number of benzene rings is 1. The molecule has 0 saturated carbocycles. The van der Waals surface area contributed by atoms with Crippen LogP contribution in [0.3, 0.4) is 0 Å². The first-order valence-electron chi connectivity index (χ1n) is 9.66. The maximum atomic E-state index is 13.2. The molecule has 0 aliphatic rings. The smallest absolute Gasteiger partial charge is 0.334 e. The van der Waals surface area contributed by atoms with Crippen molar-refractivity contribution < 1.29 is 41.5 Å². The molecule has 0 aliphatic heterocycles. The Kier molecular flexibility index (Phi) is 15.1. The highest BCUT2D eigenvalue weighted by molar-refractivity contribution is 7.53. The minimum absolute atomic E-state index is 0.0621. The number of hydrogen-bond acceptors (Lipinski definition) is 7. The van der Waals surface area contributed by atoms with Gasteiger partial charge in [0.25, 0.3) is 0 Å². The van der Waals surface area contributed by atoms with Crippen molar-refractivity contribution in [2.75, 3.05) is 32.6 Å². The van der Waals surface area contributed by atoms with Gasteiger partial charge in [-0.25, -0.2) is 13.6 Å². The normalized spacial score (nSPS) is 11.3. The monoisotopic (exact) mass is 462 g/mol. The zero-order chi connectivity index (χ0) is 23.7. The molecule has 0 N–H and O–H groups in total. The number of carbonyl (C=O) groups excluding carboxylic acids is 2. The fourth-order valence-electron chi connectivity index (χ4n) is 2.01. The number of rotatable bonds is 11. The zero-order valence-corrected chi connectivity index (χ0v) is 19.0. The first-order valence-corrected chi connectivity index (χ1v) is 11.4. The van der Waals surface area contributed by atoms with Crippen molar-refractivity contribution in [2.24, 2.45) is 0 Å². The number of carbonyl (C=O) groups is 2. The van der Waals surface area contributed by atoms with Crippen molar-refractivity contribution in [3.8, 4) is 0 Å². The van der Waals surface area contributed by atoms with Crippen LogP contribution in [0.1, 0.15) is 33.3 Å². The summed E-state index contributed by atoms with van der Waals surface area (Å²) in [5.41, 5.74) is -0.138. The fourth-order valence-corrected chi connectivity index (χ4v) is 3.44. The van der Waals surface area contributed by atoms with E-state index in [2.05, 4.69) is 9.47 Å². The Hall–Kier alpha value is -2.35. The molecule has 1 rings (SSSR count). The topological polar surface area (TPSA) is 88.1 Å². The summed E-state index contributed by atoms with van der Waals surface area (Å²) in [6, 6.07) is 3.62. The molecular formula is C21H29F2O7P. The van der Waals surface area contributed by atoms with Crippen molar-refractivity contribution in [1.82, 2.24) is 0 Å². The number of hydrogen-bond donors (Lipinski definition) is 0. The van der Waals surface area contributed by atoms with Gasteiger partial charge in [0, 0.05) is 18.6 Å². The Labute approximate surface area is 181 Å². The summed E-state index contributed by atoms with van der Waals surface area (Å²) in [7, 11) is -3.05. The Balaban J connectivity index is 0.000000594. The molecule has 0 unspecified atom stereocenters. The first kappa shape index (κ1) is 28.6. The molecule has 1 aromatic carbocycles. The zero-order valence-electron chi connectivity index (χ0n) is 18.1. The lowest BCUT2D eigenvalue weighted by Gasteiger charge is -2.16. The lowest BCUT2D eigenvalue weighted by atomic mass is 10.2. The quantitative estimate of drug-likeness (QED) is 0.200. The molecule has 7 nitrogen and oxygen atoms in total. The summed E-state index contributed by atoms with van der Waals surface area (Å²) >= 11 is 0. The average molecular weight is 462 g/mol. The molecule has 0 aromatic heterocycles. The van der Waals surface area contributed by atoms with E-state index in [4.69, 9.17) is 9.05 Å². The fraction of sp³-hybridized carbons (Fsp3) is 0.429. The number of allylic oxidation sites excluding steroid dienone is 2. The van der Waals surface area contributed by atoms with Crippen molar-refractivity contribution in [3.63, 3.8) is 0 Å². The Morgan fingerprint density at radius 2 is 1.55 bits per heavy atom. The number of esters is 2. The second-order valence-electron chi connectivity index (χ2n) is 5.62. The third-order valence-corrected chi connectivity index (χ3v) is 5.25. The Morgan fingerprint density at radius 1 is 0.968 bits per heavy atom. The summed E-state index contributed by atoms with van der Waals surface area (Å²) < 4.78 is 57.3. The van der Waals surface area contributed by atoms with Crippen LogP contribution in [0.25, 0.3) is 6.08 Å². The third kappa shape index (κ3) is 13.5. The van der Waals surface area contributed by atoms with Gasteiger partial charge in [0.05, 0.1) is 26.0 Å². The van der Waals surface area contributed by atoms with E-state index in [9.17, 15) is 22.9 Å². The average Bonchev–Trinajstić information content (AvgIpc) is 2.68.